The first-order chi connectivity index (χ1) is 13.3. The Morgan fingerprint density at radius 2 is 1.86 bits per heavy atom. The molecular formula is C24H37NO3. The molecule has 4 heteroatoms. The van der Waals surface area contributed by atoms with Gasteiger partial charge in [-0.1, -0.05) is 20.3 Å². The van der Waals surface area contributed by atoms with Gasteiger partial charge in [-0.25, -0.2) is 0 Å². The Morgan fingerprint density at radius 1 is 1.04 bits per heavy atom. The Labute approximate surface area is 169 Å². The predicted octanol–water partition coefficient (Wildman–Crippen LogP) is 4.72. The van der Waals surface area contributed by atoms with E-state index in [4.69, 9.17) is 0 Å². The van der Waals surface area contributed by atoms with Crippen LogP contribution in [0, 0.1) is 40.4 Å². The Bertz CT molecular complexity index is 677. The van der Waals surface area contributed by atoms with Crippen molar-refractivity contribution in [2.24, 2.45) is 40.4 Å². The SMILES string of the molecule is CC12CCCC1C1CCC3CC(N4CC(C(=O)O)CC4=O)CCC3(C)C1CC2. The second kappa shape index (κ2) is 6.47. The molecule has 1 saturated heterocycles. The fraction of sp³-hybridized carbons (Fsp3) is 0.917. The average Bonchev–Trinajstić information content (AvgIpc) is 3.24. The molecule has 0 aromatic rings. The fourth-order valence-electron chi connectivity index (χ4n) is 8.76. The normalized spacial score (nSPS) is 50.8. The lowest BCUT2D eigenvalue weighted by Crippen LogP contribution is -2.55. The summed E-state index contributed by atoms with van der Waals surface area (Å²) in [6.45, 7) is 5.59. The highest BCUT2D eigenvalue weighted by Crippen LogP contribution is 2.66. The molecular weight excluding hydrogens is 350 g/mol. The number of hydrogen-bond acceptors (Lipinski definition) is 2. The molecule has 0 aromatic heterocycles. The van der Waals surface area contributed by atoms with E-state index in [0.717, 1.165) is 36.5 Å². The molecule has 1 amide bonds. The smallest absolute Gasteiger partial charge is 0.308 e. The van der Waals surface area contributed by atoms with Crippen LogP contribution in [0.15, 0.2) is 0 Å². The number of carbonyl (C=O) groups excluding carboxylic acids is 1. The highest BCUT2D eigenvalue weighted by atomic mass is 16.4. The van der Waals surface area contributed by atoms with Gasteiger partial charge in [-0.2, -0.15) is 0 Å². The quantitative estimate of drug-likeness (QED) is 0.746. The molecule has 5 fully saturated rings. The van der Waals surface area contributed by atoms with Gasteiger partial charge >= 0.3 is 5.97 Å². The van der Waals surface area contributed by atoms with E-state index in [1.165, 1.54) is 51.4 Å². The lowest BCUT2D eigenvalue weighted by molar-refractivity contribution is -0.141. The number of carboxylic acids is 1. The van der Waals surface area contributed by atoms with E-state index in [2.05, 4.69) is 13.8 Å². The standard InChI is InChI=1S/C24H37NO3/c1-23-9-3-4-19(23)18-6-5-16-13-17(7-11-24(16,2)20(18)8-10-23)25-14-15(22(27)28)12-21(25)26/h15-20H,3-14H2,1-2H3,(H,27,28). The molecule has 4 saturated carbocycles. The number of fused-ring (bicyclic) bond motifs is 5. The van der Waals surface area contributed by atoms with Crippen molar-refractivity contribution in [3.05, 3.63) is 0 Å². The number of hydrogen-bond donors (Lipinski definition) is 1. The van der Waals surface area contributed by atoms with Crippen LogP contribution in [-0.2, 0) is 9.59 Å². The van der Waals surface area contributed by atoms with Crippen LogP contribution in [0.25, 0.3) is 0 Å². The number of carbonyl (C=O) groups is 2. The van der Waals surface area contributed by atoms with E-state index >= 15 is 0 Å². The Hall–Kier alpha value is -1.06. The summed E-state index contributed by atoms with van der Waals surface area (Å²) < 4.78 is 0. The molecule has 4 aliphatic carbocycles. The molecule has 5 aliphatic rings. The molecule has 0 aromatic carbocycles. The summed E-state index contributed by atoms with van der Waals surface area (Å²) in [6.07, 6.45) is 13.5. The van der Waals surface area contributed by atoms with Gasteiger partial charge in [0.1, 0.15) is 0 Å². The predicted molar refractivity (Wildman–Crippen MR) is 108 cm³/mol. The molecule has 1 heterocycles. The molecule has 5 rings (SSSR count). The largest absolute Gasteiger partial charge is 0.481 e. The molecule has 156 valence electrons. The highest BCUT2D eigenvalue weighted by Gasteiger charge is 2.58. The van der Waals surface area contributed by atoms with Crippen LogP contribution in [0.3, 0.4) is 0 Å². The van der Waals surface area contributed by atoms with Gasteiger partial charge in [0.15, 0.2) is 0 Å². The topological polar surface area (TPSA) is 57.6 Å². The highest BCUT2D eigenvalue weighted by molar-refractivity contribution is 5.86. The van der Waals surface area contributed by atoms with Crippen molar-refractivity contribution in [2.45, 2.75) is 90.5 Å². The van der Waals surface area contributed by atoms with Crippen molar-refractivity contribution in [3.63, 3.8) is 0 Å². The van der Waals surface area contributed by atoms with Gasteiger partial charge in [0.25, 0.3) is 0 Å². The zero-order chi connectivity index (χ0) is 19.7. The first kappa shape index (κ1) is 18.9. The molecule has 28 heavy (non-hydrogen) atoms. The summed E-state index contributed by atoms with van der Waals surface area (Å²) in [5.41, 5.74) is 1.06. The lowest BCUT2D eigenvalue weighted by Gasteiger charge is -2.61. The molecule has 8 unspecified atom stereocenters. The van der Waals surface area contributed by atoms with Crippen molar-refractivity contribution in [3.8, 4) is 0 Å². The van der Waals surface area contributed by atoms with Crippen molar-refractivity contribution in [1.82, 2.24) is 4.90 Å². The second-order valence-electron chi connectivity index (χ2n) is 11.5. The number of aliphatic carboxylic acids is 1. The van der Waals surface area contributed by atoms with Crippen LogP contribution < -0.4 is 0 Å². The maximum atomic E-state index is 12.5. The lowest BCUT2D eigenvalue weighted by atomic mass is 9.45. The summed E-state index contributed by atoms with van der Waals surface area (Å²) in [5, 5.41) is 9.32. The number of nitrogens with zero attached hydrogens (tertiary/aromatic N) is 1. The number of likely N-dealkylation sites (tertiary alicyclic amines) is 1. The number of amides is 1. The third kappa shape index (κ3) is 2.69. The molecule has 0 bridgehead atoms. The van der Waals surface area contributed by atoms with Gasteiger partial charge in [-0.3, -0.25) is 9.59 Å². The van der Waals surface area contributed by atoms with E-state index < -0.39 is 11.9 Å². The van der Waals surface area contributed by atoms with E-state index in [1.54, 1.807) is 0 Å². The van der Waals surface area contributed by atoms with E-state index in [9.17, 15) is 14.7 Å². The first-order valence-electron chi connectivity index (χ1n) is 11.8. The monoisotopic (exact) mass is 387 g/mol. The molecule has 1 N–H and O–H groups in total. The van der Waals surface area contributed by atoms with Crippen molar-refractivity contribution in [1.29, 1.82) is 0 Å². The van der Waals surface area contributed by atoms with E-state index in [-0.39, 0.29) is 18.4 Å². The Balaban J connectivity index is 1.31. The number of rotatable bonds is 2. The summed E-state index contributed by atoms with van der Waals surface area (Å²) >= 11 is 0. The third-order valence-electron chi connectivity index (χ3n) is 10.4. The average molecular weight is 388 g/mol. The summed E-state index contributed by atoms with van der Waals surface area (Å²) in [6, 6.07) is 0.284. The minimum atomic E-state index is -0.807. The third-order valence-corrected chi connectivity index (χ3v) is 10.4. The Morgan fingerprint density at radius 3 is 2.61 bits per heavy atom. The fourth-order valence-corrected chi connectivity index (χ4v) is 8.76. The van der Waals surface area contributed by atoms with E-state index in [0.29, 0.717) is 17.4 Å². The van der Waals surface area contributed by atoms with Gasteiger partial charge in [-0.05, 0) is 92.3 Å². The summed E-state index contributed by atoms with van der Waals surface area (Å²) in [5.74, 6) is 2.27. The van der Waals surface area contributed by atoms with Crippen molar-refractivity contribution in [2.75, 3.05) is 6.54 Å². The van der Waals surface area contributed by atoms with Gasteiger partial charge in [0.2, 0.25) is 5.91 Å². The maximum Gasteiger partial charge on any atom is 0.308 e. The van der Waals surface area contributed by atoms with Crippen molar-refractivity contribution >= 4 is 11.9 Å². The second-order valence-corrected chi connectivity index (χ2v) is 11.5. The molecule has 0 radical (unpaired) electrons. The van der Waals surface area contributed by atoms with Gasteiger partial charge in [0.05, 0.1) is 5.92 Å². The minimum absolute atomic E-state index is 0.0778. The van der Waals surface area contributed by atoms with Crippen molar-refractivity contribution < 1.29 is 14.7 Å². The summed E-state index contributed by atoms with van der Waals surface area (Å²) in [7, 11) is 0. The van der Waals surface area contributed by atoms with Crippen LogP contribution in [0.4, 0.5) is 0 Å². The van der Waals surface area contributed by atoms with Crippen LogP contribution in [0.5, 0.6) is 0 Å². The van der Waals surface area contributed by atoms with Gasteiger partial charge in [-0.15, -0.1) is 0 Å². The summed E-state index contributed by atoms with van der Waals surface area (Å²) in [4.78, 5) is 25.8. The maximum absolute atomic E-state index is 12.5. The molecule has 0 spiro atoms. The molecule has 8 atom stereocenters. The molecule has 4 nitrogen and oxygen atoms in total. The number of carboxylic acid groups (broad SMARTS) is 1. The van der Waals surface area contributed by atoms with Gasteiger partial charge < -0.3 is 10.0 Å². The van der Waals surface area contributed by atoms with Crippen LogP contribution in [-0.4, -0.2) is 34.5 Å². The van der Waals surface area contributed by atoms with Crippen LogP contribution in [0.2, 0.25) is 0 Å². The van der Waals surface area contributed by atoms with Gasteiger partial charge in [0, 0.05) is 19.0 Å². The van der Waals surface area contributed by atoms with Crippen LogP contribution >= 0.6 is 0 Å². The zero-order valence-electron chi connectivity index (χ0n) is 17.7. The molecule has 1 aliphatic heterocycles. The Kier molecular flexibility index (Phi) is 4.38. The first-order valence-corrected chi connectivity index (χ1v) is 11.8. The zero-order valence-corrected chi connectivity index (χ0v) is 17.7. The minimum Gasteiger partial charge on any atom is -0.481 e. The van der Waals surface area contributed by atoms with Crippen LogP contribution in [0.1, 0.15) is 84.5 Å². The van der Waals surface area contributed by atoms with E-state index in [1.807, 2.05) is 4.90 Å².